The third-order valence-electron chi connectivity index (χ3n) is 4.39. The van der Waals surface area contributed by atoms with Crippen LogP contribution >= 0.6 is 19.1 Å². The maximum atomic E-state index is 13.1. The van der Waals surface area contributed by atoms with Crippen LogP contribution < -0.4 is 11.2 Å². The minimum atomic E-state index is -4.85. The molecule has 0 atom stereocenters. The molecule has 0 spiro atoms. The fourth-order valence-corrected chi connectivity index (χ4v) is 5.59. The van der Waals surface area contributed by atoms with Crippen LogP contribution in [0.1, 0.15) is 25.2 Å². The highest BCUT2D eigenvalue weighted by atomic mass is 32.1. The van der Waals surface area contributed by atoms with Crippen molar-refractivity contribution in [1.82, 2.24) is 13.5 Å². The van der Waals surface area contributed by atoms with E-state index in [2.05, 4.69) is 4.37 Å². The topological polar surface area (TPSA) is 92.4 Å². The van der Waals surface area contributed by atoms with Crippen molar-refractivity contribution in [2.24, 2.45) is 7.05 Å². The second-order valence-electron chi connectivity index (χ2n) is 6.46. The van der Waals surface area contributed by atoms with Gasteiger partial charge in [-0.1, -0.05) is 0 Å². The molecule has 0 radical (unpaired) electrons. The average Bonchev–Trinajstić information content (AvgIpc) is 3.06. The van der Waals surface area contributed by atoms with E-state index in [4.69, 9.17) is 9.05 Å². The van der Waals surface area contributed by atoms with E-state index in [9.17, 15) is 27.3 Å². The molecule has 13 heteroatoms. The molecule has 0 bridgehead atoms. The van der Waals surface area contributed by atoms with Crippen molar-refractivity contribution in [1.29, 1.82) is 0 Å². The predicted octanol–water partition coefficient (Wildman–Crippen LogP) is 3.93. The Balaban J connectivity index is 2.14. The molecule has 0 aliphatic carbocycles. The number of nitrogens with zero attached hydrogens (tertiary/aromatic N) is 3. The lowest BCUT2D eigenvalue weighted by atomic mass is 10.2. The van der Waals surface area contributed by atoms with Crippen LogP contribution in [0.4, 0.5) is 13.2 Å². The number of hydrogen-bond donors (Lipinski definition) is 0. The van der Waals surface area contributed by atoms with Gasteiger partial charge in [-0.25, -0.2) is 9.36 Å². The second kappa shape index (κ2) is 8.70. The van der Waals surface area contributed by atoms with Gasteiger partial charge < -0.3 is 9.05 Å². The number of alkyl halides is 3. The van der Waals surface area contributed by atoms with Gasteiger partial charge in [0, 0.05) is 18.5 Å². The molecule has 3 aromatic rings. The molecule has 0 aliphatic heterocycles. The summed E-state index contributed by atoms with van der Waals surface area (Å²) in [5, 5.41) is 0.496. The van der Waals surface area contributed by atoms with Crippen LogP contribution in [0, 0.1) is 0 Å². The Hall–Kier alpha value is -2.27. The largest absolute Gasteiger partial charge is 0.431 e. The summed E-state index contributed by atoms with van der Waals surface area (Å²) in [6.07, 6.45) is -4.97. The third kappa shape index (κ3) is 4.67. The summed E-state index contributed by atoms with van der Waals surface area (Å²) in [4.78, 5) is 24.9. The first-order valence-corrected chi connectivity index (χ1v) is 11.7. The zero-order valence-electron chi connectivity index (χ0n) is 16.8. The third-order valence-corrected chi connectivity index (χ3v) is 7.25. The van der Waals surface area contributed by atoms with E-state index < -0.39 is 30.7 Å². The molecule has 0 amide bonds. The van der Waals surface area contributed by atoms with Gasteiger partial charge in [0.05, 0.1) is 35.5 Å². The molecule has 0 aliphatic rings. The van der Waals surface area contributed by atoms with Gasteiger partial charge in [-0.05, 0) is 43.6 Å². The van der Waals surface area contributed by atoms with E-state index in [1.165, 1.54) is 12.1 Å². The second-order valence-corrected chi connectivity index (χ2v) is 9.32. The summed E-state index contributed by atoms with van der Waals surface area (Å²) >= 11 is 1.11. The highest BCUT2D eigenvalue weighted by Crippen LogP contribution is 2.52. The molecule has 0 N–H and O–H groups in total. The van der Waals surface area contributed by atoms with Gasteiger partial charge in [-0.2, -0.15) is 17.5 Å². The summed E-state index contributed by atoms with van der Waals surface area (Å²) in [5.74, 6) is 0. The minimum Gasteiger partial charge on any atom is -0.309 e. The number of aromatic nitrogens is 3. The predicted molar refractivity (Wildman–Crippen MR) is 110 cm³/mol. The fourth-order valence-electron chi connectivity index (χ4n) is 3.07. The lowest BCUT2D eigenvalue weighted by Crippen LogP contribution is -2.40. The molecular formula is C18H19F3N3O5PS. The van der Waals surface area contributed by atoms with Crippen molar-refractivity contribution >= 4 is 29.2 Å². The lowest BCUT2D eigenvalue weighted by Gasteiger charge is -2.16. The monoisotopic (exact) mass is 477 g/mol. The van der Waals surface area contributed by atoms with Gasteiger partial charge in [0.25, 0.3) is 5.56 Å². The Morgan fingerprint density at radius 1 is 1.13 bits per heavy atom. The number of benzene rings is 1. The van der Waals surface area contributed by atoms with Gasteiger partial charge in [-0.15, -0.1) is 0 Å². The van der Waals surface area contributed by atoms with Crippen LogP contribution in [0.2, 0.25) is 0 Å². The van der Waals surface area contributed by atoms with Gasteiger partial charge in [0.1, 0.15) is 5.69 Å². The van der Waals surface area contributed by atoms with Gasteiger partial charge >= 0.3 is 19.5 Å². The molecule has 31 heavy (non-hydrogen) atoms. The van der Waals surface area contributed by atoms with E-state index in [0.717, 1.165) is 18.6 Å². The molecular weight excluding hydrogens is 458 g/mol. The molecule has 2 aromatic heterocycles. The fraction of sp³-hybridized carbons (Fsp3) is 0.389. The van der Waals surface area contributed by atoms with Crippen LogP contribution in [0.15, 0.2) is 33.9 Å². The van der Waals surface area contributed by atoms with Crippen molar-refractivity contribution in [3.8, 4) is 5.69 Å². The summed E-state index contributed by atoms with van der Waals surface area (Å²) in [5.41, 5.74) is -3.15. The Bertz CT molecular complexity index is 1270. The van der Waals surface area contributed by atoms with Gasteiger partial charge in [-0.3, -0.25) is 13.9 Å². The number of rotatable bonds is 7. The SMILES string of the molecule is CCOP(=O)(Cc1nsc2ccc(-n3c(=O)cc(C(F)(F)F)n(C)c3=O)cc12)OCC. The molecule has 0 unspecified atom stereocenters. The smallest absolute Gasteiger partial charge is 0.309 e. The van der Waals surface area contributed by atoms with Gasteiger partial charge in [0.2, 0.25) is 0 Å². The summed E-state index contributed by atoms with van der Waals surface area (Å²) in [6, 6.07) is 4.84. The van der Waals surface area contributed by atoms with Crippen LogP contribution in [-0.4, -0.2) is 26.7 Å². The van der Waals surface area contributed by atoms with E-state index >= 15 is 0 Å². The van der Waals surface area contributed by atoms with Crippen molar-refractivity contribution < 1.29 is 26.8 Å². The summed E-state index contributed by atoms with van der Waals surface area (Å²) < 4.78 is 68.7. The number of fused-ring (bicyclic) bond motifs is 1. The molecule has 1 aromatic carbocycles. The van der Waals surface area contributed by atoms with E-state index in [1.54, 1.807) is 19.9 Å². The van der Waals surface area contributed by atoms with Crippen LogP contribution in [0.3, 0.4) is 0 Å². The van der Waals surface area contributed by atoms with Crippen LogP contribution in [0.5, 0.6) is 0 Å². The van der Waals surface area contributed by atoms with Crippen molar-refractivity contribution in [2.75, 3.05) is 13.2 Å². The summed E-state index contributed by atoms with van der Waals surface area (Å²) in [6.45, 7) is 3.69. The maximum absolute atomic E-state index is 13.1. The first kappa shape index (κ1) is 23.4. The van der Waals surface area contributed by atoms with E-state index in [1.807, 2.05) is 0 Å². The Morgan fingerprint density at radius 2 is 1.77 bits per heavy atom. The van der Waals surface area contributed by atoms with E-state index in [-0.39, 0.29) is 25.1 Å². The van der Waals surface area contributed by atoms with Crippen molar-refractivity contribution in [3.05, 3.63) is 56.5 Å². The Kier molecular flexibility index (Phi) is 6.56. The Morgan fingerprint density at radius 3 is 2.35 bits per heavy atom. The summed E-state index contributed by atoms with van der Waals surface area (Å²) in [7, 11) is -2.52. The van der Waals surface area contributed by atoms with Crippen molar-refractivity contribution in [3.63, 3.8) is 0 Å². The van der Waals surface area contributed by atoms with Gasteiger partial charge in [0.15, 0.2) is 0 Å². The molecule has 2 heterocycles. The van der Waals surface area contributed by atoms with Crippen molar-refractivity contribution in [2.45, 2.75) is 26.2 Å². The highest BCUT2D eigenvalue weighted by molar-refractivity contribution is 7.53. The molecule has 8 nitrogen and oxygen atoms in total. The molecule has 0 fully saturated rings. The molecule has 168 valence electrons. The molecule has 0 saturated carbocycles. The molecule has 0 saturated heterocycles. The van der Waals surface area contributed by atoms with Crippen LogP contribution in [-0.2, 0) is 33.0 Å². The van der Waals surface area contributed by atoms with Crippen LogP contribution in [0.25, 0.3) is 15.8 Å². The number of hydrogen-bond acceptors (Lipinski definition) is 7. The number of halogens is 3. The normalized spacial score (nSPS) is 12.6. The first-order valence-electron chi connectivity index (χ1n) is 9.18. The first-order chi connectivity index (χ1) is 14.5. The zero-order valence-corrected chi connectivity index (χ0v) is 18.5. The quantitative estimate of drug-likeness (QED) is 0.479. The molecule has 3 rings (SSSR count). The zero-order chi connectivity index (χ0) is 23.0. The highest BCUT2D eigenvalue weighted by Gasteiger charge is 2.35. The standard InChI is InChI=1S/C18H19F3N3O5PS/c1-4-28-30(27,29-5-2)10-13-12-8-11(6-7-14(12)31-22-13)24-16(25)9-15(18(19,20)21)23(3)17(24)26/h6-9H,4-5,10H2,1-3H3. The van der Waals surface area contributed by atoms with E-state index in [0.29, 0.717) is 31.0 Å². The minimum absolute atomic E-state index is 0.0657. The Labute approximate surface area is 178 Å². The lowest BCUT2D eigenvalue weighted by molar-refractivity contribution is -0.144. The maximum Gasteiger partial charge on any atom is 0.431 e. The average molecular weight is 477 g/mol.